The Kier molecular flexibility index (Phi) is 7.00. The van der Waals surface area contributed by atoms with Crippen LogP contribution in [0.4, 0.5) is 10.1 Å². The molecule has 0 aliphatic carbocycles. The molecule has 6 nitrogen and oxygen atoms in total. The number of halogens is 2. The Hall–Kier alpha value is -2.16. The zero-order valence-electron chi connectivity index (χ0n) is 16.8. The van der Waals surface area contributed by atoms with Gasteiger partial charge in [-0.15, -0.1) is 0 Å². The zero-order valence-corrected chi connectivity index (χ0v) is 18.4. The molecular weight excluding hydrogens is 431 g/mol. The van der Waals surface area contributed by atoms with Crippen molar-refractivity contribution < 1.29 is 22.3 Å². The summed E-state index contributed by atoms with van der Waals surface area (Å²) in [5.41, 5.74) is 0.594. The average molecular weight is 455 g/mol. The first-order valence-corrected chi connectivity index (χ1v) is 11.5. The van der Waals surface area contributed by atoms with Gasteiger partial charge >= 0.3 is 0 Å². The average Bonchev–Trinajstić information content (AvgIpc) is 2.74. The van der Waals surface area contributed by atoms with Gasteiger partial charge in [0.15, 0.2) is 0 Å². The van der Waals surface area contributed by atoms with Gasteiger partial charge in [0.2, 0.25) is 15.9 Å². The molecule has 1 fully saturated rings. The Bertz CT molecular complexity index is 1010. The van der Waals surface area contributed by atoms with E-state index in [1.165, 1.54) is 27.4 Å². The minimum absolute atomic E-state index is 0.0325. The maximum atomic E-state index is 13.2. The summed E-state index contributed by atoms with van der Waals surface area (Å²) in [4.78, 5) is 14.3. The van der Waals surface area contributed by atoms with E-state index in [9.17, 15) is 17.6 Å². The molecule has 0 bridgehead atoms. The highest BCUT2D eigenvalue weighted by molar-refractivity contribution is 7.89. The number of carbonyl (C=O) groups is 1. The van der Waals surface area contributed by atoms with Gasteiger partial charge in [0, 0.05) is 36.8 Å². The van der Waals surface area contributed by atoms with Crippen molar-refractivity contribution in [2.75, 3.05) is 31.6 Å². The molecule has 1 aliphatic heterocycles. The second-order valence-electron chi connectivity index (χ2n) is 7.08. The Morgan fingerprint density at radius 3 is 2.43 bits per heavy atom. The molecular formula is C21H24ClFN2O4S. The maximum absolute atomic E-state index is 13.2. The molecule has 2 aromatic rings. The van der Waals surface area contributed by atoms with Gasteiger partial charge in [-0.25, -0.2) is 12.8 Å². The molecule has 9 heteroatoms. The zero-order chi connectivity index (χ0) is 21.9. The number of rotatable bonds is 6. The third-order valence-corrected chi connectivity index (χ3v) is 7.33. The number of benzene rings is 2. The molecule has 0 aromatic heterocycles. The van der Waals surface area contributed by atoms with E-state index < -0.39 is 10.0 Å². The van der Waals surface area contributed by atoms with Crippen LogP contribution < -0.4 is 9.64 Å². The van der Waals surface area contributed by atoms with Crippen molar-refractivity contribution in [3.05, 3.63) is 53.3 Å². The molecule has 1 heterocycles. The van der Waals surface area contributed by atoms with Crippen molar-refractivity contribution in [3.8, 4) is 5.75 Å². The van der Waals surface area contributed by atoms with E-state index in [0.717, 1.165) is 0 Å². The Morgan fingerprint density at radius 1 is 1.20 bits per heavy atom. The van der Waals surface area contributed by atoms with Crippen LogP contribution in [0, 0.1) is 11.7 Å². The topological polar surface area (TPSA) is 66.9 Å². The van der Waals surface area contributed by atoms with Crippen LogP contribution in [0.25, 0.3) is 0 Å². The summed E-state index contributed by atoms with van der Waals surface area (Å²) in [5.74, 6) is -0.532. The van der Waals surface area contributed by atoms with E-state index >= 15 is 0 Å². The fourth-order valence-electron chi connectivity index (χ4n) is 3.51. The monoisotopic (exact) mass is 454 g/mol. The number of amides is 1. The second kappa shape index (κ2) is 9.32. The summed E-state index contributed by atoms with van der Waals surface area (Å²) in [7, 11) is -2.17. The highest BCUT2D eigenvalue weighted by Crippen LogP contribution is 2.32. The van der Waals surface area contributed by atoms with Crippen molar-refractivity contribution in [3.63, 3.8) is 0 Å². The first-order valence-electron chi connectivity index (χ1n) is 9.69. The SMILES string of the molecule is CCOc1ccc(Cl)cc1S(=O)(=O)N1CCC(C(=O)N(C)c2ccc(F)cc2)CC1. The van der Waals surface area contributed by atoms with Crippen LogP contribution in [0.15, 0.2) is 47.4 Å². The number of piperidine rings is 1. The van der Waals surface area contributed by atoms with Crippen LogP contribution in [0.1, 0.15) is 19.8 Å². The fraction of sp³-hybridized carbons (Fsp3) is 0.381. The summed E-state index contributed by atoms with van der Waals surface area (Å²) in [5, 5.41) is 0.308. The molecule has 1 amide bonds. The largest absolute Gasteiger partial charge is 0.492 e. The Balaban J connectivity index is 1.71. The van der Waals surface area contributed by atoms with E-state index in [-0.39, 0.29) is 41.4 Å². The van der Waals surface area contributed by atoms with Crippen LogP contribution >= 0.6 is 11.6 Å². The van der Waals surface area contributed by atoms with Crippen molar-refractivity contribution >= 4 is 33.2 Å². The molecule has 0 spiro atoms. The summed E-state index contributed by atoms with van der Waals surface area (Å²) >= 11 is 6.02. The van der Waals surface area contributed by atoms with E-state index in [1.54, 1.807) is 38.2 Å². The van der Waals surface area contributed by atoms with Gasteiger partial charge in [-0.3, -0.25) is 4.79 Å². The maximum Gasteiger partial charge on any atom is 0.246 e. The molecule has 0 radical (unpaired) electrons. The first kappa shape index (κ1) is 22.5. The minimum Gasteiger partial charge on any atom is -0.492 e. The van der Waals surface area contributed by atoms with Gasteiger partial charge < -0.3 is 9.64 Å². The lowest BCUT2D eigenvalue weighted by atomic mass is 9.96. The van der Waals surface area contributed by atoms with Gasteiger partial charge in [0.1, 0.15) is 16.5 Å². The second-order valence-corrected chi connectivity index (χ2v) is 9.42. The lowest BCUT2D eigenvalue weighted by molar-refractivity contribution is -0.123. The number of nitrogens with zero attached hydrogens (tertiary/aromatic N) is 2. The van der Waals surface area contributed by atoms with E-state index in [0.29, 0.717) is 30.2 Å². The number of anilines is 1. The molecule has 0 saturated carbocycles. The predicted octanol–water partition coefficient (Wildman–Crippen LogP) is 3.94. The van der Waals surface area contributed by atoms with Crippen LogP contribution in [0.3, 0.4) is 0 Å². The first-order chi connectivity index (χ1) is 14.2. The molecule has 1 saturated heterocycles. The van der Waals surface area contributed by atoms with Crippen molar-refractivity contribution in [2.45, 2.75) is 24.7 Å². The van der Waals surface area contributed by atoms with Gasteiger partial charge in [-0.1, -0.05) is 11.6 Å². The number of ether oxygens (including phenoxy) is 1. The number of hydrogen-bond donors (Lipinski definition) is 0. The van der Waals surface area contributed by atoms with Crippen LogP contribution in [-0.2, 0) is 14.8 Å². The summed E-state index contributed by atoms with van der Waals surface area (Å²) in [6, 6.07) is 10.2. The Morgan fingerprint density at radius 2 is 1.83 bits per heavy atom. The van der Waals surface area contributed by atoms with Crippen LogP contribution in [0.2, 0.25) is 5.02 Å². The standard InChI is InChI=1S/C21H24ClFN2O4S/c1-3-29-19-9-4-16(22)14-20(19)30(27,28)25-12-10-15(11-13-25)21(26)24(2)18-7-5-17(23)6-8-18/h4-9,14-15H,3,10-13H2,1-2H3. The Labute approximate surface area is 181 Å². The lowest BCUT2D eigenvalue weighted by Gasteiger charge is -2.32. The fourth-order valence-corrected chi connectivity index (χ4v) is 5.37. The number of carbonyl (C=O) groups excluding carboxylic acids is 1. The molecule has 30 heavy (non-hydrogen) atoms. The smallest absolute Gasteiger partial charge is 0.246 e. The van der Waals surface area contributed by atoms with Crippen molar-refractivity contribution in [1.82, 2.24) is 4.31 Å². The summed E-state index contributed by atoms with van der Waals surface area (Å²) in [6.45, 7) is 2.54. The molecule has 2 aromatic carbocycles. The van der Waals surface area contributed by atoms with E-state index in [1.807, 2.05) is 0 Å². The number of sulfonamides is 1. The normalized spacial score (nSPS) is 15.7. The van der Waals surface area contributed by atoms with E-state index in [2.05, 4.69) is 0 Å². The molecule has 0 unspecified atom stereocenters. The molecule has 162 valence electrons. The van der Waals surface area contributed by atoms with Gasteiger partial charge in [0.05, 0.1) is 6.61 Å². The highest BCUT2D eigenvalue weighted by atomic mass is 35.5. The highest BCUT2D eigenvalue weighted by Gasteiger charge is 2.35. The molecule has 3 rings (SSSR count). The lowest BCUT2D eigenvalue weighted by Crippen LogP contribution is -2.43. The third-order valence-electron chi connectivity index (χ3n) is 5.17. The van der Waals surface area contributed by atoms with Gasteiger partial charge in [-0.2, -0.15) is 4.31 Å². The molecule has 0 N–H and O–H groups in total. The van der Waals surface area contributed by atoms with Gasteiger partial charge in [0.25, 0.3) is 0 Å². The van der Waals surface area contributed by atoms with Crippen molar-refractivity contribution in [1.29, 1.82) is 0 Å². The van der Waals surface area contributed by atoms with Crippen molar-refractivity contribution in [2.24, 2.45) is 5.92 Å². The number of hydrogen-bond acceptors (Lipinski definition) is 4. The molecule has 0 atom stereocenters. The molecule has 1 aliphatic rings. The quantitative estimate of drug-likeness (QED) is 0.663. The van der Waals surface area contributed by atoms with Gasteiger partial charge in [-0.05, 0) is 62.2 Å². The third kappa shape index (κ3) is 4.77. The summed E-state index contributed by atoms with van der Waals surface area (Å²) < 4.78 is 46.3. The van der Waals surface area contributed by atoms with Crippen LogP contribution in [0.5, 0.6) is 5.75 Å². The minimum atomic E-state index is -3.81. The van der Waals surface area contributed by atoms with Crippen LogP contribution in [-0.4, -0.2) is 45.4 Å². The predicted molar refractivity (Wildman–Crippen MR) is 114 cm³/mol. The summed E-state index contributed by atoms with van der Waals surface area (Å²) in [6.07, 6.45) is 0.794. The van der Waals surface area contributed by atoms with E-state index in [4.69, 9.17) is 16.3 Å².